The number of hydrogen-bond acceptors (Lipinski definition) is 5. The summed E-state index contributed by atoms with van der Waals surface area (Å²) >= 11 is 0. The zero-order valence-electron chi connectivity index (χ0n) is 6.23. The van der Waals surface area contributed by atoms with Gasteiger partial charge in [0, 0.05) is 0 Å². The maximum atomic E-state index is 10.3. The number of carboxylic acid groups (broad SMARTS) is 2. The summed E-state index contributed by atoms with van der Waals surface area (Å²) in [6.07, 6.45) is -0.584. The molecule has 0 heterocycles. The van der Waals surface area contributed by atoms with E-state index < -0.39 is 30.1 Å². The lowest BCUT2D eigenvalue weighted by atomic mass is 10.0. The topological polar surface area (TPSA) is 153 Å². The third-order valence-electron chi connectivity index (χ3n) is 1.38. The van der Waals surface area contributed by atoms with E-state index in [0.29, 0.717) is 0 Å². The van der Waals surface area contributed by atoms with Gasteiger partial charge in [-0.15, -0.1) is 0 Å². The fourth-order valence-electron chi connectivity index (χ4n) is 0.516. The molecule has 0 amide bonds. The van der Waals surface area contributed by atoms with E-state index in [0.717, 1.165) is 0 Å². The molecule has 0 aromatic rings. The SMILES string of the molecule is NC(CC(=O)O)C(N)(N)C(=O)O. The minimum Gasteiger partial charge on any atom is -0.481 e. The summed E-state index contributed by atoms with van der Waals surface area (Å²) in [5.41, 5.74) is 13.0. The van der Waals surface area contributed by atoms with Crippen LogP contribution >= 0.6 is 0 Å². The Morgan fingerprint density at radius 2 is 1.75 bits per heavy atom. The van der Waals surface area contributed by atoms with Crippen LogP contribution in [0.3, 0.4) is 0 Å². The number of nitrogens with two attached hydrogens (primary N) is 3. The average molecular weight is 177 g/mol. The molecule has 7 heteroatoms. The van der Waals surface area contributed by atoms with Gasteiger partial charge in [0.25, 0.3) is 0 Å². The Hall–Kier alpha value is -1.18. The molecule has 0 radical (unpaired) electrons. The maximum absolute atomic E-state index is 10.3. The zero-order valence-corrected chi connectivity index (χ0v) is 6.23. The van der Waals surface area contributed by atoms with Crippen LogP contribution in [0.4, 0.5) is 0 Å². The van der Waals surface area contributed by atoms with Gasteiger partial charge in [0.15, 0.2) is 5.66 Å². The van der Waals surface area contributed by atoms with Crippen molar-refractivity contribution in [3.05, 3.63) is 0 Å². The van der Waals surface area contributed by atoms with Crippen LogP contribution in [0, 0.1) is 0 Å². The Labute approximate surface area is 68.1 Å². The molecule has 12 heavy (non-hydrogen) atoms. The van der Waals surface area contributed by atoms with Crippen molar-refractivity contribution in [2.45, 2.75) is 18.1 Å². The highest BCUT2D eigenvalue weighted by atomic mass is 16.4. The van der Waals surface area contributed by atoms with Crippen molar-refractivity contribution in [1.29, 1.82) is 0 Å². The molecule has 7 nitrogen and oxygen atoms in total. The first-order valence-electron chi connectivity index (χ1n) is 3.07. The predicted molar refractivity (Wildman–Crippen MR) is 39.0 cm³/mol. The van der Waals surface area contributed by atoms with E-state index in [-0.39, 0.29) is 0 Å². The van der Waals surface area contributed by atoms with Crippen LogP contribution in [0.2, 0.25) is 0 Å². The Kier molecular flexibility index (Phi) is 3.14. The van der Waals surface area contributed by atoms with E-state index >= 15 is 0 Å². The summed E-state index contributed by atoms with van der Waals surface area (Å²) < 4.78 is 0. The molecule has 1 atom stereocenters. The Balaban J connectivity index is 4.35. The van der Waals surface area contributed by atoms with Gasteiger partial charge in [-0.1, -0.05) is 0 Å². The number of carbonyl (C=O) groups is 2. The predicted octanol–water partition coefficient (Wildman–Crippen LogP) is -2.51. The molecule has 0 aliphatic rings. The van der Waals surface area contributed by atoms with E-state index in [4.69, 9.17) is 27.4 Å². The van der Waals surface area contributed by atoms with Crippen molar-refractivity contribution in [3.63, 3.8) is 0 Å². The fourth-order valence-corrected chi connectivity index (χ4v) is 0.516. The van der Waals surface area contributed by atoms with Crippen molar-refractivity contribution in [2.75, 3.05) is 0 Å². The van der Waals surface area contributed by atoms with Gasteiger partial charge in [-0.2, -0.15) is 0 Å². The molecule has 70 valence electrons. The van der Waals surface area contributed by atoms with Crippen LogP contribution in [0.15, 0.2) is 0 Å². The van der Waals surface area contributed by atoms with Gasteiger partial charge in [-0.05, 0) is 0 Å². The minimum atomic E-state index is -2.20. The van der Waals surface area contributed by atoms with Gasteiger partial charge in [-0.3, -0.25) is 4.79 Å². The highest BCUT2D eigenvalue weighted by Crippen LogP contribution is 2.01. The smallest absolute Gasteiger partial charge is 0.340 e. The van der Waals surface area contributed by atoms with Crippen LogP contribution in [-0.2, 0) is 9.59 Å². The fraction of sp³-hybridized carbons (Fsp3) is 0.600. The average Bonchev–Trinajstić information content (AvgIpc) is 1.85. The van der Waals surface area contributed by atoms with Crippen molar-refractivity contribution >= 4 is 11.9 Å². The lowest BCUT2D eigenvalue weighted by Crippen LogP contribution is -2.67. The van der Waals surface area contributed by atoms with E-state index in [9.17, 15) is 9.59 Å². The Morgan fingerprint density at radius 1 is 1.33 bits per heavy atom. The van der Waals surface area contributed by atoms with E-state index in [1.807, 2.05) is 0 Å². The second kappa shape index (κ2) is 3.48. The van der Waals surface area contributed by atoms with Gasteiger partial charge < -0.3 is 27.4 Å². The molecule has 0 aromatic carbocycles. The molecule has 0 rings (SSSR count). The number of hydrogen-bond donors (Lipinski definition) is 5. The Bertz CT molecular complexity index is 203. The second-order valence-electron chi connectivity index (χ2n) is 2.44. The molecule has 0 saturated heterocycles. The zero-order chi connectivity index (χ0) is 9.94. The van der Waals surface area contributed by atoms with Crippen LogP contribution in [-0.4, -0.2) is 33.9 Å². The van der Waals surface area contributed by atoms with Gasteiger partial charge in [-0.25, -0.2) is 4.79 Å². The monoisotopic (exact) mass is 177 g/mol. The molecule has 0 spiro atoms. The van der Waals surface area contributed by atoms with Crippen LogP contribution in [0.5, 0.6) is 0 Å². The van der Waals surface area contributed by atoms with E-state index in [1.165, 1.54) is 0 Å². The molecular formula is C5H11N3O4. The first-order chi connectivity index (χ1) is 5.28. The third-order valence-corrected chi connectivity index (χ3v) is 1.38. The van der Waals surface area contributed by atoms with Crippen molar-refractivity contribution in [3.8, 4) is 0 Å². The highest BCUT2D eigenvalue weighted by Gasteiger charge is 2.37. The quantitative estimate of drug-likeness (QED) is 0.297. The first-order valence-corrected chi connectivity index (χ1v) is 3.07. The van der Waals surface area contributed by atoms with Gasteiger partial charge >= 0.3 is 11.9 Å². The van der Waals surface area contributed by atoms with E-state index in [2.05, 4.69) is 0 Å². The lowest BCUT2D eigenvalue weighted by molar-refractivity contribution is -0.145. The number of aliphatic carboxylic acids is 2. The Morgan fingerprint density at radius 3 is 2.00 bits per heavy atom. The van der Waals surface area contributed by atoms with Crippen molar-refractivity contribution in [2.24, 2.45) is 17.2 Å². The molecule has 1 unspecified atom stereocenters. The standard InChI is InChI=1S/C5H11N3O4/c6-2(1-3(9)10)5(7,8)4(11)12/h2H,1,6-8H2,(H,9,10)(H,11,12). The second-order valence-corrected chi connectivity index (χ2v) is 2.44. The summed E-state index contributed by atoms with van der Waals surface area (Å²) in [7, 11) is 0. The summed E-state index contributed by atoms with van der Waals surface area (Å²) in [6.45, 7) is 0. The van der Waals surface area contributed by atoms with E-state index in [1.54, 1.807) is 0 Å². The molecule has 8 N–H and O–H groups in total. The van der Waals surface area contributed by atoms with Crippen molar-refractivity contribution in [1.82, 2.24) is 0 Å². The van der Waals surface area contributed by atoms with Crippen LogP contribution in [0.25, 0.3) is 0 Å². The number of rotatable bonds is 4. The normalized spacial score (nSPS) is 13.9. The minimum absolute atomic E-state index is 0.584. The summed E-state index contributed by atoms with van der Waals surface area (Å²) in [6, 6.07) is -1.31. The van der Waals surface area contributed by atoms with Gasteiger partial charge in [0.2, 0.25) is 0 Å². The number of carboxylic acids is 2. The summed E-state index contributed by atoms with van der Waals surface area (Å²) in [4.78, 5) is 20.4. The maximum Gasteiger partial charge on any atom is 0.340 e. The summed E-state index contributed by atoms with van der Waals surface area (Å²) in [5, 5.41) is 16.6. The summed E-state index contributed by atoms with van der Waals surface area (Å²) in [5.74, 6) is -2.78. The molecule has 0 aliphatic heterocycles. The molecule has 0 aromatic heterocycles. The largest absolute Gasteiger partial charge is 0.481 e. The highest BCUT2D eigenvalue weighted by molar-refractivity contribution is 5.80. The van der Waals surface area contributed by atoms with Crippen LogP contribution in [0.1, 0.15) is 6.42 Å². The van der Waals surface area contributed by atoms with Gasteiger partial charge in [0.05, 0.1) is 12.5 Å². The molecule has 0 saturated carbocycles. The lowest BCUT2D eigenvalue weighted by Gasteiger charge is -2.24. The van der Waals surface area contributed by atoms with Crippen molar-refractivity contribution < 1.29 is 19.8 Å². The molecular weight excluding hydrogens is 166 g/mol. The van der Waals surface area contributed by atoms with Crippen LogP contribution < -0.4 is 17.2 Å². The first kappa shape index (κ1) is 10.8. The third kappa shape index (κ3) is 2.46. The molecule has 0 fully saturated rings. The molecule has 0 aliphatic carbocycles. The molecule has 0 bridgehead atoms. The van der Waals surface area contributed by atoms with Gasteiger partial charge in [0.1, 0.15) is 0 Å².